The standard InChI is InChI=1S/C8H13NO5S/c1-14-7(11)2-3-15-4-6(8(12)13)9-5-10/h5-6H,2-4H2,1H3,(H,9,10)(H,12,13). The maximum atomic E-state index is 10.7. The monoisotopic (exact) mass is 235 g/mol. The van der Waals surface area contributed by atoms with Crippen molar-refractivity contribution in [2.75, 3.05) is 18.6 Å². The lowest BCUT2D eigenvalue weighted by Crippen LogP contribution is -2.37. The molecule has 0 aromatic heterocycles. The van der Waals surface area contributed by atoms with E-state index in [0.29, 0.717) is 12.2 Å². The summed E-state index contributed by atoms with van der Waals surface area (Å²) >= 11 is 1.27. The molecule has 0 aliphatic heterocycles. The van der Waals surface area contributed by atoms with Crippen LogP contribution in [0, 0.1) is 0 Å². The number of carboxylic acids is 1. The number of hydrogen-bond donors (Lipinski definition) is 2. The molecule has 0 saturated heterocycles. The highest BCUT2D eigenvalue weighted by atomic mass is 32.2. The highest BCUT2D eigenvalue weighted by molar-refractivity contribution is 7.99. The van der Waals surface area contributed by atoms with Crippen LogP contribution in [0.1, 0.15) is 6.42 Å². The zero-order chi connectivity index (χ0) is 11.7. The predicted molar refractivity (Wildman–Crippen MR) is 54.6 cm³/mol. The zero-order valence-corrected chi connectivity index (χ0v) is 9.08. The fourth-order valence-corrected chi connectivity index (χ4v) is 1.68. The first-order valence-electron chi connectivity index (χ1n) is 4.19. The number of hydrogen-bond acceptors (Lipinski definition) is 5. The second-order valence-corrected chi connectivity index (χ2v) is 3.73. The van der Waals surface area contributed by atoms with Crippen molar-refractivity contribution in [3.05, 3.63) is 0 Å². The molecule has 1 unspecified atom stereocenters. The first kappa shape index (κ1) is 13.8. The molecular formula is C8H13NO5S. The van der Waals surface area contributed by atoms with E-state index >= 15 is 0 Å². The van der Waals surface area contributed by atoms with E-state index in [1.807, 2.05) is 0 Å². The molecule has 0 fully saturated rings. The molecule has 0 radical (unpaired) electrons. The summed E-state index contributed by atoms with van der Waals surface area (Å²) in [6.45, 7) is 0. The van der Waals surface area contributed by atoms with Gasteiger partial charge in [0.05, 0.1) is 13.5 Å². The third kappa shape index (κ3) is 6.78. The van der Waals surface area contributed by atoms with Crippen LogP contribution >= 0.6 is 11.8 Å². The van der Waals surface area contributed by atoms with Gasteiger partial charge in [0.15, 0.2) is 0 Å². The Balaban J connectivity index is 3.66. The molecule has 6 nitrogen and oxygen atoms in total. The SMILES string of the molecule is COC(=O)CCSCC(NC=O)C(=O)O. The minimum Gasteiger partial charge on any atom is -0.480 e. The molecule has 0 saturated carbocycles. The van der Waals surface area contributed by atoms with E-state index in [0.717, 1.165) is 0 Å². The van der Waals surface area contributed by atoms with Crippen molar-refractivity contribution in [2.24, 2.45) is 0 Å². The second-order valence-electron chi connectivity index (χ2n) is 2.58. The van der Waals surface area contributed by atoms with Crippen LogP contribution in [0.25, 0.3) is 0 Å². The van der Waals surface area contributed by atoms with Crippen LogP contribution < -0.4 is 5.32 Å². The van der Waals surface area contributed by atoms with E-state index in [1.165, 1.54) is 18.9 Å². The predicted octanol–water partition coefficient (Wildman–Crippen LogP) is -0.518. The number of nitrogens with one attached hydrogen (secondary N) is 1. The summed E-state index contributed by atoms with van der Waals surface area (Å²) in [5.74, 6) is -0.729. The van der Waals surface area contributed by atoms with Gasteiger partial charge in [-0.15, -0.1) is 0 Å². The molecule has 7 heteroatoms. The lowest BCUT2D eigenvalue weighted by atomic mass is 10.3. The molecule has 0 aromatic rings. The third-order valence-corrected chi connectivity index (χ3v) is 2.59. The average Bonchev–Trinajstić information content (AvgIpc) is 2.21. The van der Waals surface area contributed by atoms with Crippen LogP contribution in [0.5, 0.6) is 0 Å². The molecule has 0 aliphatic carbocycles. The van der Waals surface area contributed by atoms with E-state index in [4.69, 9.17) is 5.11 Å². The van der Waals surface area contributed by atoms with Crippen molar-refractivity contribution in [1.29, 1.82) is 0 Å². The summed E-state index contributed by atoms with van der Waals surface area (Å²) in [6.07, 6.45) is 0.578. The van der Waals surface area contributed by atoms with E-state index < -0.39 is 12.0 Å². The Morgan fingerprint density at radius 2 is 2.27 bits per heavy atom. The van der Waals surface area contributed by atoms with Crippen molar-refractivity contribution < 1.29 is 24.2 Å². The number of carbonyl (C=O) groups is 3. The molecule has 2 N–H and O–H groups in total. The van der Waals surface area contributed by atoms with Crippen LogP contribution in [0.4, 0.5) is 0 Å². The summed E-state index contributed by atoms with van der Waals surface area (Å²) in [5, 5.41) is 10.8. The van der Waals surface area contributed by atoms with Gasteiger partial charge in [-0.2, -0.15) is 11.8 Å². The Labute approximate surface area is 91.4 Å². The number of aliphatic carboxylic acids is 1. The second kappa shape index (κ2) is 8.10. The van der Waals surface area contributed by atoms with Crippen LogP contribution in [0.2, 0.25) is 0 Å². The van der Waals surface area contributed by atoms with Crippen LogP contribution in [0.3, 0.4) is 0 Å². The van der Waals surface area contributed by atoms with Crippen molar-refractivity contribution >= 4 is 30.1 Å². The molecular weight excluding hydrogens is 222 g/mol. The van der Waals surface area contributed by atoms with Gasteiger partial charge in [0.2, 0.25) is 6.41 Å². The lowest BCUT2D eigenvalue weighted by molar-refractivity contribution is -0.140. The van der Waals surface area contributed by atoms with Gasteiger partial charge in [-0.25, -0.2) is 4.79 Å². The highest BCUT2D eigenvalue weighted by Crippen LogP contribution is 2.05. The zero-order valence-electron chi connectivity index (χ0n) is 8.26. The Hall–Kier alpha value is -1.24. The summed E-state index contributed by atoms with van der Waals surface area (Å²) in [5.41, 5.74) is 0. The fourth-order valence-electron chi connectivity index (χ4n) is 0.732. The number of rotatable bonds is 8. The van der Waals surface area contributed by atoms with Gasteiger partial charge in [-0.1, -0.05) is 0 Å². The number of carbonyl (C=O) groups excluding carboxylic acids is 2. The number of amides is 1. The molecule has 0 spiro atoms. The number of thioether (sulfide) groups is 1. The number of esters is 1. The molecule has 0 aliphatic rings. The number of methoxy groups -OCH3 is 1. The van der Waals surface area contributed by atoms with E-state index in [2.05, 4.69) is 10.1 Å². The Morgan fingerprint density at radius 1 is 1.60 bits per heavy atom. The maximum absolute atomic E-state index is 10.7. The van der Waals surface area contributed by atoms with Crippen molar-refractivity contribution in [3.8, 4) is 0 Å². The summed E-state index contributed by atoms with van der Waals surface area (Å²) in [4.78, 5) is 31.3. The normalized spacial score (nSPS) is 11.5. The fraction of sp³-hybridized carbons (Fsp3) is 0.625. The minimum absolute atomic E-state index is 0.227. The molecule has 0 aromatic carbocycles. The highest BCUT2D eigenvalue weighted by Gasteiger charge is 2.15. The third-order valence-electron chi connectivity index (χ3n) is 1.53. The van der Waals surface area contributed by atoms with Crippen LogP contribution in [0.15, 0.2) is 0 Å². The summed E-state index contributed by atoms with van der Waals surface area (Å²) in [7, 11) is 1.29. The first-order chi connectivity index (χ1) is 7.11. The Morgan fingerprint density at radius 3 is 2.73 bits per heavy atom. The summed E-state index contributed by atoms with van der Waals surface area (Å²) < 4.78 is 4.41. The van der Waals surface area contributed by atoms with Gasteiger partial charge in [-0.05, 0) is 0 Å². The van der Waals surface area contributed by atoms with Crippen molar-refractivity contribution in [2.45, 2.75) is 12.5 Å². The van der Waals surface area contributed by atoms with Gasteiger partial charge < -0.3 is 15.2 Å². The number of carboxylic acid groups (broad SMARTS) is 1. The van der Waals surface area contributed by atoms with E-state index in [1.54, 1.807) is 0 Å². The molecule has 1 amide bonds. The van der Waals surface area contributed by atoms with Crippen molar-refractivity contribution in [1.82, 2.24) is 5.32 Å². The Kier molecular flexibility index (Phi) is 7.43. The van der Waals surface area contributed by atoms with Gasteiger partial charge in [0.25, 0.3) is 0 Å². The first-order valence-corrected chi connectivity index (χ1v) is 5.34. The number of ether oxygens (including phenoxy) is 1. The lowest BCUT2D eigenvalue weighted by Gasteiger charge is -2.09. The van der Waals surface area contributed by atoms with Crippen LogP contribution in [-0.4, -0.2) is 48.1 Å². The molecule has 0 rings (SSSR count). The van der Waals surface area contributed by atoms with Gasteiger partial charge in [-0.3, -0.25) is 9.59 Å². The van der Waals surface area contributed by atoms with Gasteiger partial charge in [0.1, 0.15) is 6.04 Å². The average molecular weight is 235 g/mol. The minimum atomic E-state index is -1.09. The topological polar surface area (TPSA) is 92.7 Å². The quantitative estimate of drug-likeness (QED) is 0.334. The Bertz CT molecular complexity index is 233. The van der Waals surface area contributed by atoms with E-state index in [9.17, 15) is 14.4 Å². The summed E-state index contributed by atoms with van der Waals surface area (Å²) in [6, 6.07) is -0.912. The largest absolute Gasteiger partial charge is 0.480 e. The van der Waals surface area contributed by atoms with Crippen molar-refractivity contribution in [3.63, 3.8) is 0 Å². The molecule has 0 heterocycles. The van der Waals surface area contributed by atoms with Crippen LogP contribution in [-0.2, 0) is 19.1 Å². The van der Waals surface area contributed by atoms with E-state index in [-0.39, 0.29) is 18.1 Å². The molecule has 1 atom stereocenters. The maximum Gasteiger partial charge on any atom is 0.327 e. The molecule has 86 valence electrons. The smallest absolute Gasteiger partial charge is 0.327 e. The molecule has 0 bridgehead atoms. The van der Waals surface area contributed by atoms with Gasteiger partial charge >= 0.3 is 11.9 Å². The molecule has 15 heavy (non-hydrogen) atoms. The van der Waals surface area contributed by atoms with Gasteiger partial charge in [0, 0.05) is 11.5 Å².